The highest BCUT2D eigenvalue weighted by molar-refractivity contribution is 6.30. The van der Waals surface area contributed by atoms with Crippen molar-refractivity contribution in [3.05, 3.63) is 64.2 Å². The van der Waals surface area contributed by atoms with Gasteiger partial charge in [0.25, 0.3) is 0 Å². The van der Waals surface area contributed by atoms with Gasteiger partial charge in [-0.25, -0.2) is 0 Å². The number of rotatable bonds is 6. The fraction of sp³-hybridized carbons (Fsp3) is 0.235. The summed E-state index contributed by atoms with van der Waals surface area (Å²) < 4.78 is 5.87. The van der Waals surface area contributed by atoms with Gasteiger partial charge in [-0.2, -0.15) is 5.26 Å². The molecule has 0 aliphatic rings. The molecule has 0 radical (unpaired) electrons. The Bertz CT molecular complexity index is 632. The Hall–Kier alpha value is -2.02. The van der Waals surface area contributed by atoms with Gasteiger partial charge in [-0.05, 0) is 42.4 Å². The van der Waals surface area contributed by atoms with Gasteiger partial charge in [0, 0.05) is 17.1 Å². The summed E-state index contributed by atoms with van der Waals surface area (Å²) in [5.74, 6) is 0.824. The Kier molecular flexibility index (Phi) is 5.62. The summed E-state index contributed by atoms with van der Waals surface area (Å²) in [4.78, 5) is 0. The van der Waals surface area contributed by atoms with Crippen LogP contribution in [0.15, 0.2) is 42.5 Å². The van der Waals surface area contributed by atoms with E-state index in [9.17, 15) is 0 Å². The zero-order chi connectivity index (χ0) is 15.1. The maximum absolute atomic E-state index is 8.78. The Morgan fingerprint density at radius 3 is 2.62 bits per heavy atom. The van der Waals surface area contributed by atoms with E-state index in [2.05, 4.69) is 18.3 Å². The molecule has 0 bridgehead atoms. The maximum Gasteiger partial charge on any atom is 0.124 e. The van der Waals surface area contributed by atoms with E-state index < -0.39 is 0 Å². The number of benzene rings is 2. The normalized spacial score (nSPS) is 10.1. The second kappa shape index (κ2) is 7.68. The molecule has 0 saturated heterocycles. The zero-order valence-electron chi connectivity index (χ0n) is 11.9. The van der Waals surface area contributed by atoms with Crippen molar-refractivity contribution in [3.63, 3.8) is 0 Å². The van der Waals surface area contributed by atoms with Crippen LogP contribution in [-0.4, -0.2) is 6.54 Å². The SMILES string of the molecule is CCNCc1cc(Cl)ccc1OCc1ccc(C#N)cc1. The van der Waals surface area contributed by atoms with E-state index >= 15 is 0 Å². The second-order valence-electron chi connectivity index (χ2n) is 4.63. The summed E-state index contributed by atoms with van der Waals surface area (Å²) in [7, 11) is 0. The first-order valence-electron chi connectivity index (χ1n) is 6.84. The molecule has 2 rings (SSSR count). The molecular weight excluding hydrogens is 284 g/mol. The molecule has 0 aliphatic carbocycles. The number of hydrogen-bond donors (Lipinski definition) is 1. The monoisotopic (exact) mass is 300 g/mol. The minimum Gasteiger partial charge on any atom is -0.489 e. The number of halogens is 1. The standard InChI is InChI=1S/C17H17ClN2O/c1-2-20-11-15-9-16(18)7-8-17(15)21-12-14-5-3-13(10-19)4-6-14/h3-9,20H,2,11-12H2,1H3. The molecule has 2 aromatic rings. The van der Waals surface area contributed by atoms with Crippen LogP contribution < -0.4 is 10.1 Å². The Labute approximate surface area is 130 Å². The van der Waals surface area contributed by atoms with Gasteiger partial charge in [0.05, 0.1) is 11.6 Å². The van der Waals surface area contributed by atoms with Crippen molar-refractivity contribution in [2.24, 2.45) is 0 Å². The van der Waals surface area contributed by atoms with Gasteiger partial charge >= 0.3 is 0 Å². The lowest BCUT2D eigenvalue weighted by Crippen LogP contribution is -2.13. The summed E-state index contributed by atoms with van der Waals surface area (Å²) in [5.41, 5.74) is 2.72. The maximum atomic E-state index is 8.78. The van der Waals surface area contributed by atoms with Crippen molar-refractivity contribution < 1.29 is 4.74 Å². The minimum atomic E-state index is 0.465. The minimum absolute atomic E-state index is 0.465. The first-order chi connectivity index (χ1) is 10.2. The fourth-order valence-corrected chi connectivity index (χ4v) is 2.12. The Morgan fingerprint density at radius 2 is 1.95 bits per heavy atom. The van der Waals surface area contributed by atoms with Gasteiger partial charge in [-0.1, -0.05) is 30.7 Å². The number of nitriles is 1. The molecule has 4 heteroatoms. The summed E-state index contributed by atoms with van der Waals surface area (Å²) in [6.45, 7) is 4.13. The molecule has 108 valence electrons. The highest BCUT2D eigenvalue weighted by Gasteiger charge is 2.05. The van der Waals surface area contributed by atoms with Crippen LogP contribution in [0.1, 0.15) is 23.6 Å². The van der Waals surface area contributed by atoms with E-state index in [0.717, 1.165) is 30.0 Å². The molecule has 3 nitrogen and oxygen atoms in total. The van der Waals surface area contributed by atoms with E-state index in [1.54, 1.807) is 12.1 Å². The molecule has 0 aromatic heterocycles. The molecule has 0 unspecified atom stereocenters. The van der Waals surface area contributed by atoms with E-state index in [0.29, 0.717) is 17.2 Å². The molecular formula is C17H17ClN2O. The van der Waals surface area contributed by atoms with Crippen LogP contribution in [0.5, 0.6) is 5.75 Å². The number of nitrogens with one attached hydrogen (secondary N) is 1. The first kappa shape index (κ1) is 15.4. The lowest BCUT2D eigenvalue weighted by Gasteiger charge is -2.12. The van der Waals surface area contributed by atoms with Crippen molar-refractivity contribution in [1.82, 2.24) is 5.32 Å². The van der Waals surface area contributed by atoms with Crippen molar-refractivity contribution in [1.29, 1.82) is 5.26 Å². The predicted molar refractivity (Wildman–Crippen MR) is 84.3 cm³/mol. The molecule has 0 spiro atoms. The van der Waals surface area contributed by atoms with E-state index in [1.807, 2.05) is 30.3 Å². The summed E-state index contributed by atoms with van der Waals surface area (Å²) in [5, 5.41) is 12.8. The third kappa shape index (κ3) is 4.49. The lowest BCUT2D eigenvalue weighted by molar-refractivity contribution is 0.302. The molecule has 0 aliphatic heterocycles. The second-order valence-corrected chi connectivity index (χ2v) is 5.07. The third-order valence-electron chi connectivity index (χ3n) is 3.07. The molecule has 1 N–H and O–H groups in total. The van der Waals surface area contributed by atoms with Crippen LogP contribution in [0.25, 0.3) is 0 Å². The number of hydrogen-bond acceptors (Lipinski definition) is 3. The molecule has 0 amide bonds. The van der Waals surface area contributed by atoms with Gasteiger partial charge in [-0.3, -0.25) is 0 Å². The van der Waals surface area contributed by atoms with Crippen molar-refractivity contribution in [2.45, 2.75) is 20.1 Å². The van der Waals surface area contributed by atoms with Gasteiger partial charge < -0.3 is 10.1 Å². The average molecular weight is 301 g/mol. The third-order valence-corrected chi connectivity index (χ3v) is 3.30. The van der Waals surface area contributed by atoms with Crippen LogP contribution >= 0.6 is 11.6 Å². The number of nitrogens with zero attached hydrogens (tertiary/aromatic N) is 1. The lowest BCUT2D eigenvalue weighted by atomic mass is 10.1. The average Bonchev–Trinajstić information content (AvgIpc) is 2.52. The van der Waals surface area contributed by atoms with Gasteiger partial charge in [0.15, 0.2) is 0 Å². The van der Waals surface area contributed by atoms with Crippen LogP contribution in [0.4, 0.5) is 0 Å². The topological polar surface area (TPSA) is 45.0 Å². The van der Waals surface area contributed by atoms with Gasteiger partial charge in [0.2, 0.25) is 0 Å². The Balaban J connectivity index is 2.06. The molecule has 0 fully saturated rings. The van der Waals surface area contributed by atoms with E-state index in [4.69, 9.17) is 21.6 Å². The van der Waals surface area contributed by atoms with Crippen LogP contribution in [-0.2, 0) is 13.2 Å². The van der Waals surface area contributed by atoms with E-state index in [1.165, 1.54) is 0 Å². The van der Waals surface area contributed by atoms with Crippen molar-refractivity contribution in [3.8, 4) is 11.8 Å². The van der Waals surface area contributed by atoms with Crippen molar-refractivity contribution >= 4 is 11.6 Å². The zero-order valence-corrected chi connectivity index (χ0v) is 12.7. The van der Waals surface area contributed by atoms with Gasteiger partial charge in [-0.15, -0.1) is 0 Å². The van der Waals surface area contributed by atoms with Crippen LogP contribution in [0, 0.1) is 11.3 Å². The first-order valence-corrected chi connectivity index (χ1v) is 7.21. The summed E-state index contributed by atoms with van der Waals surface area (Å²) in [6, 6.07) is 15.1. The molecule has 21 heavy (non-hydrogen) atoms. The van der Waals surface area contributed by atoms with Crippen LogP contribution in [0.2, 0.25) is 5.02 Å². The fourth-order valence-electron chi connectivity index (χ4n) is 1.92. The van der Waals surface area contributed by atoms with Crippen molar-refractivity contribution in [2.75, 3.05) is 6.54 Å². The highest BCUT2D eigenvalue weighted by atomic mass is 35.5. The predicted octanol–water partition coefficient (Wildman–Crippen LogP) is 3.90. The molecule has 0 heterocycles. The molecule has 0 saturated carbocycles. The highest BCUT2D eigenvalue weighted by Crippen LogP contribution is 2.24. The van der Waals surface area contributed by atoms with Gasteiger partial charge in [0.1, 0.15) is 12.4 Å². The van der Waals surface area contributed by atoms with Crippen LogP contribution in [0.3, 0.4) is 0 Å². The molecule has 0 atom stereocenters. The van der Waals surface area contributed by atoms with E-state index in [-0.39, 0.29) is 0 Å². The molecule has 2 aromatic carbocycles. The largest absolute Gasteiger partial charge is 0.489 e. The smallest absolute Gasteiger partial charge is 0.124 e. The number of ether oxygens (including phenoxy) is 1. The quantitative estimate of drug-likeness (QED) is 0.880. The Morgan fingerprint density at radius 1 is 1.19 bits per heavy atom. The summed E-state index contributed by atoms with van der Waals surface area (Å²) >= 11 is 6.03. The summed E-state index contributed by atoms with van der Waals surface area (Å²) in [6.07, 6.45) is 0.